The summed E-state index contributed by atoms with van der Waals surface area (Å²) >= 11 is 3.53. The van der Waals surface area contributed by atoms with E-state index in [0.29, 0.717) is 19.5 Å². The zero-order chi connectivity index (χ0) is 19.3. The van der Waals surface area contributed by atoms with Crippen molar-refractivity contribution >= 4 is 32.6 Å². The van der Waals surface area contributed by atoms with Crippen molar-refractivity contribution in [3.63, 3.8) is 0 Å². The fourth-order valence-electron chi connectivity index (χ4n) is 4.16. The van der Waals surface area contributed by atoms with Crippen LogP contribution in [0.2, 0.25) is 0 Å². The number of carbonyl (C=O) groups excluding carboxylic acids is 1. The van der Waals surface area contributed by atoms with Crippen LogP contribution in [0.15, 0.2) is 22.7 Å². The molecule has 2 aromatic heterocycles. The summed E-state index contributed by atoms with van der Waals surface area (Å²) in [6.07, 6.45) is 1.78. The van der Waals surface area contributed by atoms with Gasteiger partial charge in [-0.2, -0.15) is 5.10 Å². The van der Waals surface area contributed by atoms with Gasteiger partial charge in [-0.1, -0.05) is 11.6 Å². The molecule has 4 rings (SSSR count). The number of aliphatic hydroxyl groups is 1. The second kappa shape index (κ2) is 6.91. The van der Waals surface area contributed by atoms with Gasteiger partial charge in [0.1, 0.15) is 0 Å². The Labute approximate surface area is 167 Å². The molecular formula is C21H24BrN3O2. The van der Waals surface area contributed by atoms with Gasteiger partial charge < -0.3 is 9.67 Å². The van der Waals surface area contributed by atoms with Crippen molar-refractivity contribution in [3.05, 3.63) is 50.9 Å². The van der Waals surface area contributed by atoms with E-state index >= 15 is 0 Å². The summed E-state index contributed by atoms with van der Waals surface area (Å²) < 4.78 is 4.83. The van der Waals surface area contributed by atoms with Gasteiger partial charge in [0.25, 0.3) is 0 Å². The minimum absolute atomic E-state index is 0.186. The average molecular weight is 430 g/mol. The highest BCUT2D eigenvalue weighted by Crippen LogP contribution is 2.33. The molecule has 1 aromatic carbocycles. The Bertz CT molecular complexity index is 1050. The van der Waals surface area contributed by atoms with Crippen molar-refractivity contribution in [3.8, 4) is 0 Å². The van der Waals surface area contributed by atoms with E-state index in [2.05, 4.69) is 46.2 Å². The summed E-state index contributed by atoms with van der Waals surface area (Å²) in [5, 5.41) is 16.4. The fraction of sp³-hybridized carbons (Fsp3) is 0.429. The van der Waals surface area contributed by atoms with Crippen LogP contribution in [0.5, 0.6) is 0 Å². The van der Waals surface area contributed by atoms with E-state index in [-0.39, 0.29) is 5.78 Å². The van der Waals surface area contributed by atoms with E-state index in [1.807, 2.05) is 23.1 Å². The second-order valence-corrected chi connectivity index (χ2v) is 8.35. The van der Waals surface area contributed by atoms with E-state index in [4.69, 9.17) is 0 Å². The first kappa shape index (κ1) is 18.4. The summed E-state index contributed by atoms with van der Waals surface area (Å²) in [6.45, 7) is 6.78. The molecule has 1 atom stereocenters. The molecule has 0 unspecified atom stereocenters. The molecule has 2 heterocycles. The van der Waals surface area contributed by atoms with Crippen LogP contribution in [0.3, 0.4) is 0 Å². The second-order valence-electron chi connectivity index (χ2n) is 7.56. The van der Waals surface area contributed by atoms with Crippen LogP contribution in [0.1, 0.15) is 45.8 Å². The number of aryl methyl sites for hydroxylation is 3. The molecule has 27 heavy (non-hydrogen) atoms. The van der Waals surface area contributed by atoms with Crippen LogP contribution in [0, 0.1) is 20.8 Å². The zero-order valence-electron chi connectivity index (χ0n) is 15.9. The third-order valence-electron chi connectivity index (χ3n) is 5.49. The fourth-order valence-corrected chi connectivity index (χ4v) is 4.45. The smallest absolute Gasteiger partial charge is 0.179 e. The van der Waals surface area contributed by atoms with Crippen molar-refractivity contribution in [2.75, 3.05) is 0 Å². The molecule has 1 N–H and O–H groups in total. The van der Waals surface area contributed by atoms with Crippen molar-refractivity contribution in [2.24, 2.45) is 0 Å². The molecule has 5 nitrogen and oxygen atoms in total. The predicted molar refractivity (Wildman–Crippen MR) is 109 cm³/mol. The number of aliphatic hydroxyl groups excluding tert-OH is 1. The maximum absolute atomic E-state index is 12.7. The number of rotatable bonds is 4. The van der Waals surface area contributed by atoms with Crippen molar-refractivity contribution in [1.29, 1.82) is 0 Å². The number of halogens is 1. The molecule has 6 heteroatoms. The van der Waals surface area contributed by atoms with Crippen molar-refractivity contribution < 1.29 is 9.90 Å². The Balaban J connectivity index is 1.72. The molecule has 3 aromatic rings. The minimum Gasteiger partial charge on any atom is -0.389 e. The first-order chi connectivity index (χ1) is 12.9. The van der Waals surface area contributed by atoms with Crippen LogP contribution in [-0.4, -0.2) is 31.3 Å². The van der Waals surface area contributed by atoms with E-state index in [1.54, 1.807) is 0 Å². The first-order valence-electron chi connectivity index (χ1n) is 9.39. The Kier molecular flexibility index (Phi) is 4.72. The van der Waals surface area contributed by atoms with Gasteiger partial charge in [-0.05, 0) is 67.2 Å². The largest absolute Gasteiger partial charge is 0.389 e. The van der Waals surface area contributed by atoms with Crippen LogP contribution >= 0.6 is 15.9 Å². The van der Waals surface area contributed by atoms with Gasteiger partial charge in [-0.3, -0.25) is 9.48 Å². The number of Topliss-reactive ketones (excluding diaryl/α,β-unsaturated/α-hetero) is 1. The minimum atomic E-state index is -0.634. The Hall–Kier alpha value is -1.92. The number of hydrogen-bond donors (Lipinski definition) is 1. The standard InChI is InChI=1S/C21H24BrN3O2/c1-12-7-8-18-17(9-12)16-5-4-6-19(27)21(16)24(18)10-15(26)11-25-14(3)20(22)13(2)23-25/h7-9,15,26H,4-6,10-11H2,1-3H3/t15-/m0/s1. The van der Waals surface area contributed by atoms with E-state index in [0.717, 1.165) is 50.9 Å². The maximum atomic E-state index is 12.7. The molecule has 0 saturated heterocycles. The van der Waals surface area contributed by atoms with Crippen molar-refractivity contribution in [2.45, 2.75) is 59.2 Å². The molecule has 0 fully saturated rings. The van der Waals surface area contributed by atoms with Crippen molar-refractivity contribution in [1.82, 2.24) is 14.3 Å². The molecule has 0 aliphatic heterocycles. The average Bonchev–Trinajstić information content (AvgIpc) is 3.05. The molecule has 142 valence electrons. The summed E-state index contributed by atoms with van der Waals surface area (Å²) in [7, 11) is 0. The molecule has 0 radical (unpaired) electrons. The lowest BCUT2D eigenvalue weighted by molar-refractivity contribution is 0.0952. The number of carbonyl (C=O) groups is 1. The summed E-state index contributed by atoms with van der Waals surface area (Å²) in [4.78, 5) is 12.7. The lowest BCUT2D eigenvalue weighted by atomic mass is 9.94. The van der Waals surface area contributed by atoms with Gasteiger partial charge in [0.2, 0.25) is 0 Å². The molecule has 0 bridgehead atoms. The number of hydrogen-bond acceptors (Lipinski definition) is 3. The van der Waals surface area contributed by atoms with Gasteiger partial charge >= 0.3 is 0 Å². The van der Waals surface area contributed by atoms with Gasteiger partial charge in [0.15, 0.2) is 5.78 Å². The van der Waals surface area contributed by atoms with Gasteiger partial charge in [0.05, 0.1) is 35.1 Å². The van der Waals surface area contributed by atoms with Gasteiger partial charge in [-0.25, -0.2) is 0 Å². The van der Waals surface area contributed by atoms with E-state index < -0.39 is 6.10 Å². The molecule has 1 aliphatic rings. The highest BCUT2D eigenvalue weighted by atomic mass is 79.9. The SMILES string of the molecule is Cc1ccc2c(c1)c1c(n2C[C@H](O)Cn2nc(C)c(Br)c2C)C(=O)CCC1. The number of nitrogens with zero attached hydrogens (tertiary/aromatic N) is 3. The normalized spacial score (nSPS) is 15.4. The molecular weight excluding hydrogens is 406 g/mol. The summed E-state index contributed by atoms with van der Waals surface area (Å²) in [5.74, 6) is 0.186. The highest BCUT2D eigenvalue weighted by molar-refractivity contribution is 9.10. The molecule has 1 aliphatic carbocycles. The summed E-state index contributed by atoms with van der Waals surface area (Å²) in [5.41, 5.74) is 6.07. The number of aromatic nitrogens is 3. The number of ketones is 1. The Morgan fingerprint density at radius 1 is 1.22 bits per heavy atom. The number of benzene rings is 1. The van der Waals surface area contributed by atoms with E-state index in [9.17, 15) is 9.90 Å². The molecule has 0 spiro atoms. The predicted octanol–water partition coefficient (Wildman–Crippen LogP) is 4.11. The van der Waals surface area contributed by atoms with Crippen LogP contribution in [0.25, 0.3) is 10.9 Å². The lowest BCUT2D eigenvalue weighted by Gasteiger charge is -2.18. The van der Waals surface area contributed by atoms with Crippen LogP contribution in [-0.2, 0) is 19.5 Å². The van der Waals surface area contributed by atoms with Crippen LogP contribution < -0.4 is 0 Å². The van der Waals surface area contributed by atoms with Gasteiger partial charge in [-0.15, -0.1) is 0 Å². The first-order valence-corrected chi connectivity index (χ1v) is 10.2. The molecule has 0 saturated carbocycles. The maximum Gasteiger partial charge on any atom is 0.179 e. The Morgan fingerprint density at radius 2 is 2.00 bits per heavy atom. The van der Waals surface area contributed by atoms with E-state index in [1.165, 1.54) is 5.56 Å². The van der Waals surface area contributed by atoms with Gasteiger partial charge in [0, 0.05) is 23.0 Å². The number of fused-ring (bicyclic) bond motifs is 3. The zero-order valence-corrected chi connectivity index (χ0v) is 17.5. The summed E-state index contributed by atoms with van der Waals surface area (Å²) in [6, 6.07) is 6.30. The quantitative estimate of drug-likeness (QED) is 0.678. The van der Waals surface area contributed by atoms with Crippen LogP contribution in [0.4, 0.5) is 0 Å². The Morgan fingerprint density at radius 3 is 2.70 bits per heavy atom. The lowest BCUT2D eigenvalue weighted by Crippen LogP contribution is -2.26. The third-order valence-corrected chi connectivity index (χ3v) is 6.64. The topological polar surface area (TPSA) is 60.1 Å². The molecule has 0 amide bonds. The third kappa shape index (κ3) is 3.15. The monoisotopic (exact) mass is 429 g/mol. The highest BCUT2D eigenvalue weighted by Gasteiger charge is 2.27.